The largest absolute Gasteiger partial charge is 0.393 e. The Morgan fingerprint density at radius 3 is 2.80 bits per heavy atom. The molecule has 1 rings (SSSR count). The quantitative estimate of drug-likeness (QED) is 0.747. The number of carbonyl (C=O) groups is 1. The number of anilines is 1. The third-order valence-electron chi connectivity index (χ3n) is 2.78. The summed E-state index contributed by atoms with van der Waals surface area (Å²) in [4.78, 5) is 18.4. The van der Waals surface area contributed by atoms with Crippen LogP contribution in [0.1, 0.15) is 30.8 Å². The van der Waals surface area contributed by atoms with Crippen LogP contribution >= 0.6 is 12.2 Å². The highest BCUT2D eigenvalue weighted by molar-refractivity contribution is 7.80. The summed E-state index contributed by atoms with van der Waals surface area (Å²) in [5, 5.41) is 2.58. The number of hydrogen-bond donors (Lipinski definition) is 2. The first kappa shape index (κ1) is 16.4. The number of pyridine rings is 1. The molecule has 6 heteroatoms. The Bertz CT molecular complexity index is 476. The van der Waals surface area contributed by atoms with Crippen molar-refractivity contribution in [2.24, 2.45) is 11.7 Å². The van der Waals surface area contributed by atoms with E-state index in [-0.39, 0.29) is 5.91 Å². The Balaban J connectivity index is 2.94. The molecule has 1 aromatic rings. The van der Waals surface area contributed by atoms with Gasteiger partial charge in [-0.2, -0.15) is 0 Å². The molecule has 3 N–H and O–H groups in total. The highest BCUT2D eigenvalue weighted by Gasteiger charge is 2.12. The summed E-state index contributed by atoms with van der Waals surface area (Å²) >= 11 is 4.94. The van der Waals surface area contributed by atoms with E-state index in [0.29, 0.717) is 23.0 Å². The Kier molecular flexibility index (Phi) is 6.38. The third kappa shape index (κ3) is 5.13. The van der Waals surface area contributed by atoms with E-state index in [0.717, 1.165) is 18.8 Å². The van der Waals surface area contributed by atoms with Gasteiger partial charge in [0.2, 0.25) is 0 Å². The number of hydrogen-bond acceptors (Lipinski definition) is 4. The summed E-state index contributed by atoms with van der Waals surface area (Å²) in [5.41, 5.74) is 6.95. The van der Waals surface area contributed by atoms with Crippen LogP contribution in [0.4, 0.5) is 5.69 Å². The van der Waals surface area contributed by atoms with Crippen LogP contribution in [0.5, 0.6) is 0 Å². The molecule has 0 unspecified atom stereocenters. The van der Waals surface area contributed by atoms with Crippen LogP contribution in [-0.2, 0) is 0 Å². The minimum Gasteiger partial charge on any atom is -0.393 e. The predicted octanol–water partition coefficient (Wildman–Crippen LogP) is 1.58. The fourth-order valence-corrected chi connectivity index (χ4v) is 1.97. The van der Waals surface area contributed by atoms with Crippen molar-refractivity contribution in [2.75, 3.05) is 25.0 Å². The van der Waals surface area contributed by atoms with Gasteiger partial charge in [-0.15, -0.1) is 0 Å². The van der Waals surface area contributed by atoms with Gasteiger partial charge in [-0.25, -0.2) is 0 Å². The maximum Gasteiger partial charge on any atom is 0.269 e. The number of thiocarbonyl (C=S) groups is 1. The number of nitrogens with one attached hydrogen (secondary N) is 1. The van der Waals surface area contributed by atoms with E-state index in [2.05, 4.69) is 29.0 Å². The second-order valence-corrected chi connectivity index (χ2v) is 5.56. The minimum atomic E-state index is -0.189. The van der Waals surface area contributed by atoms with Crippen LogP contribution in [0.15, 0.2) is 18.3 Å². The zero-order valence-corrected chi connectivity index (χ0v) is 13.0. The van der Waals surface area contributed by atoms with Crippen molar-refractivity contribution in [3.63, 3.8) is 0 Å². The Morgan fingerprint density at radius 1 is 1.55 bits per heavy atom. The van der Waals surface area contributed by atoms with Gasteiger partial charge in [0.05, 0.1) is 4.99 Å². The van der Waals surface area contributed by atoms with Crippen molar-refractivity contribution in [2.45, 2.75) is 20.3 Å². The number of carbonyl (C=O) groups excluding carboxylic acids is 1. The van der Waals surface area contributed by atoms with Crippen molar-refractivity contribution < 1.29 is 4.79 Å². The van der Waals surface area contributed by atoms with E-state index < -0.39 is 0 Å². The standard InChI is InChI=1S/C14H22N4OS/c1-10(2)9-18(7-5-13(15)20)11-4-6-17-12(8-11)14(19)16-3/h4,6,8,10H,5,7,9H2,1-3H3,(H2,15,20)(H,16,19). The molecule has 0 bridgehead atoms. The van der Waals surface area contributed by atoms with Gasteiger partial charge in [-0.1, -0.05) is 26.1 Å². The second-order valence-electron chi connectivity index (χ2n) is 5.03. The number of nitrogens with two attached hydrogens (primary N) is 1. The molecule has 0 aliphatic heterocycles. The van der Waals surface area contributed by atoms with Crippen molar-refractivity contribution in [1.82, 2.24) is 10.3 Å². The van der Waals surface area contributed by atoms with Crippen molar-refractivity contribution >= 4 is 28.8 Å². The summed E-state index contributed by atoms with van der Waals surface area (Å²) in [6, 6.07) is 3.69. The average Bonchev–Trinajstić information content (AvgIpc) is 2.42. The van der Waals surface area contributed by atoms with E-state index in [4.69, 9.17) is 18.0 Å². The molecule has 1 heterocycles. The van der Waals surface area contributed by atoms with Gasteiger partial charge < -0.3 is 16.0 Å². The lowest BCUT2D eigenvalue weighted by molar-refractivity contribution is 0.0958. The number of nitrogens with zero attached hydrogens (tertiary/aromatic N) is 2. The molecule has 0 aliphatic carbocycles. The molecule has 0 saturated heterocycles. The maximum atomic E-state index is 11.6. The Hall–Kier alpha value is -1.69. The lowest BCUT2D eigenvalue weighted by Crippen LogP contribution is -2.31. The maximum absolute atomic E-state index is 11.6. The van der Waals surface area contributed by atoms with E-state index in [1.807, 2.05) is 6.07 Å². The van der Waals surface area contributed by atoms with Crippen molar-refractivity contribution in [3.05, 3.63) is 24.0 Å². The Labute approximate surface area is 125 Å². The van der Waals surface area contributed by atoms with Gasteiger partial charge in [0.25, 0.3) is 5.91 Å². The fraction of sp³-hybridized carbons (Fsp3) is 0.500. The van der Waals surface area contributed by atoms with Gasteiger partial charge in [0.1, 0.15) is 5.69 Å². The highest BCUT2D eigenvalue weighted by atomic mass is 32.1. The molecule has 0 fully saturated rings. The van der Waals surface area contributed by atoms with Crippen LogP contribution in [0, 0.1) is 5.92 Å². The summed E-state index contributed by atoms with van der Waals surface area (Å²) < 4.78 is 0. The Morgan fingerprint density at radius 2 is 2.25 bits per heavy atom. The summed E-state index contributed by atoms with van der Waals surface area (Å²) in [6.07, 6.45) is 2.30. The zero-order valence-electron chi connectivity index (χ0n) is 12.2. The van der Waals surface area contributed by atoms with Gasteiger partial charge in [-0.3, -0.25) is 9.78 Å². The first-order valence-corrected chi connectivity index (χ1v) is 7.06. The van der Waals surface area contributed by atoms with E-state index >= 15 is 0 Å². The molecule has 5 nitrogen and oxygen atoms in total. The normalized spacial score (nSPS) is 10.4. The molecule has 0 aromatic carbocycles. The third-order valence-corrected chi connectivity index (χ3v) is 2.99. The van der Waals surface area contributed by atoms with E-state index in [1.54, 1.807) is 19.3 Å². The van der Waals surface area contributed by atoms with Crippen LogP contribution in [0.2, 0.25) is 0 Å². The second kappa shape index (κ2) is 7.79. The average molecular weight is 294 g/mol. The van der Waals surface area contributed by atoms with Crippen molar-refractivity contribution in [3.8, 4) is 0 Å². The zero-order chi connectivity index (χ0) is 15.1. The molecule has 0 saturated carbocycles. The van der Waals surface area contributed by atoms with Crippen molar-refractivity contribution in [1.29, 1.82) is 0 Å². The lowest BCUT2D eigenvalue weighted by Gasteiger charge is -2.26. The lowest BCUT2D eigenvalue weighted by atomic mass is 10.1. The van der Waals surface area contributed by atoms with Gasteiger partial charge in [0.15, 0.2) is 0 Å². The van der Waals surface area contributed by atoms with Gasteiger partial charge >= 0.3 is 0 Å². The minimum absolute atomic E-state index is 0.189. The van der Waals surface area contributed by atoms with Crippen LogP contribution in [0.3, 0.4) is 0 Å². The molecule has 0 aliphatic rings. The van der Waals surface area contributed by atoms with Crippen LogP contribution in [-0.4, -0.2) is 36.0 Å². The number of amides is 1. The number of rotatable bonds is 7. The van der Waals surface area contributed by atoms with Gasteiger partial charge in [0, 0.05) is 38.4 Å². The highest BCUT2D eigenvalue weighted by Crippen LogP contribution is 2.17. The predicted molar refractivity (Wildman–Crippen MR) is 86.1 cm³/mol. The molecule has 0 atom stereocenters. The summed E-state index contributed by atoms with van der Waals surface area (Å²) in [6.45, 7) is 5.91. The summed E-state index contributed by atoms with van der Waals surface area (Å²) in [7, 11) is 1.59. The van der Waals surface area contributed by atoms with Crippen LogP contribution < -0.4 is 16.0 Å². The fourth-order valence-electron chi connectivity index (χ4n) is 1.88. The molecule has 20 heavy (non-hydrogen) atoms. The monoisotopic (exact) mass is 294 g/mol. The molecule has 110 valence electrons. The molecule has 1 aromatic heterocycles. The first-order valence-electron chi connectivity index (χ1n) is 6.65. The smallest absolute Gasteiger partial charge is 0.269 e. The summed E-state index contributed by atoms with van der Waals surface area (Å²) in [5.74, 6) is 0.309. The molecular weight excluding hydrogens is 272 g/mol. The molecular formula is C14H22N4OS. The van der Waals surface area contributed by atoms with E-state index in [1.165, 1.54) is 0 Å². The first-order chi connectivity index (χ1) is 9.43. The number of aromatic nitrogens is 1. The SMILES string of the molecule is CNC(=O)c1cc(N(CCC(N)=S)CC(C)C)ccn1. The topological polar surface area (TPSA) is 71.2 Å². The van der Waals surface area contributed by atoms with Crippen LogP contribution in [0.25, 0.3) is 0 Å². The molecule has 0 radical (unpaired) electrons. The molecule has 0 spiro atoms. The van der Waals surface area contributed by atoms with E-state index in [9.17, 15) is 4.79 Å². The molecule has 1 amide bonds. The van der Waals surface area contributed by atoms with Gasteiger partial charge in [-0.05, 0) is 18.1 Å².